The Kier molecular flexibility index (Phi) is 3.36. The van der Waals surface area contributed by atoms with Crippen LogP contribution in [0, 0.1) is 0 Å². The highest BCUT2D eigenvalue weighted by molar-refractivity contribution is 5.94. The van der Waals surface area contributed by atoms with Gasteiger partial charge >= 0.3 is 0 Å². The Morgan fingerprint density at radius 2 is 2.16 bits per heavy atom. The Hall–Kier alpha value is -2.03. The number of carbonyl (C=O) groups is 1. The second-order valence-electron chi connectivity index (χ2n) is 5.01. The van der Waals surface area contributed by atoms with Crippen LogP contribution in [-0.4, -0.2) is 15.8 Å². The molecule has 1 unspecified atom stereocenters. The standard InChI is InChI=1S/C16H16N2O/c19-16(15-8-9-17-11-18-15)10-13-6-3-5-12-4-1-2-7-14(12)13/h1-2,4,7-9,11,13H,3,5-6,10H2. The molecule has 3 nitrogen and oxygen atoms in total. The fourth-order valence-electron chi connectivity index (χ4n) is 2.85. The number of hydrogen-bond acceptors (Lipinski definition) is 3. The molecule has 0 amide bonds. The summed E-state index contributed by atoms with van der Waals surface area (Å²) in [5.74, 6) is 0.455. The lowest BCUT2D eigenvalue weighted by Crippen LogP contribution is -2.14. The number of aromatic nitrogens is 2. The van der Waals surface area contributed by atoms with Gasteiger partial charge in [0.25, 0.3) is 0 Å². The van der Waals surface area contributed by atoms with Crippen molar-refractivity contribution in [2.45, 2.75) is 31.6 Å². The molecule has 1 aromatic heterocycles. The highest BCUT2D eigenvalue weighted by Crippen LogP contribution is 2.34. The maximum absolute atomic E-state index is 12.2. The Labute approximate surface area is 112 Å². The Bertz CT molecular complexity index is 580. The third kappa shape index (κ3) is 2.55. The summed E-state index contributed by atoms with van der Waals surface area (Å²) in [6.45, 7) is 0. The van der Waals surface area contributed by atoms with Crippen LogP contribution in [0.4, 0.5) is 0 Å². The number of benzene rings is 1. The minimum atomic E-state index is 0.115. The molecule has 0 fully saturated rings. The summed E-state index contributed by atoms with van der Waals surface area (Å²) in [4.78, 5) is 20.1. The van der Waals surface area contributed by atoms with Gasteiger partial charge in [-0.25, -0.2) is 9.97 Å². The van der Waals surface area contributed by atoms with Gasteiger partial charge in [0, 0.05) is 12.6 Å². The molecule has 0 N–H and O–H groups in total. The number of aryl methyl sites for hydroxylation is 1. The zero-order valence-corrected chi connectivity index (χ0v) is 10.7. The van der Waals surface area contributed by atoms with E-state index in [-0.39, 0.29) is 5.78 Å². The molecule has 1 atom stereocenters. The topological polar surface area (TPSA) is 42.9 Å². The summed E-state index contributed by atoms with van der Waals surface area (Å²) in [7, 11) is 0. The summed E-state index contributed by atoms with van der Waals surface area (Å²) >= 11 is 0. The van der Waals surface area contributed by atoms with Gasteiger partial charge < -0.3 is 0 Å². The van der Waals surface area contributed by atoms with Crippen molar-refractivity contribution >= 4 is 5.78 Å². The minimum absolute atomic E-state index is 0.115. The quantitative estimate of drug-likeness (QED) is 0.788. The van der Waals surface area contributed by atoms with Crippen LogP contribution in [0.15, 0.2) is 42.9 Å². The van der Waals surface area contributed by atoms with Gasteiger partial charge in [0.15, 0.2) is 5.78 Å². The molecular formula is C16H16N2O. The smallest absolute Gasteiger partial charge is 0.181 e. The van der Waals surface area contributed by atoms with E-state index in [2.05, 4.69) is 34.2 Å². The van der Waals surface area contributed by atoms with Gasteiger partial charge in [0.05, 0.1) is 0 Å². The van der Waals surface area contributed by atoms with E-state index in [9.17, 15) is 4.79 Å². The molecule has 0 aliphatic heterocycles. The molecule has 0 radical (unpaired) electrons. The Morgan fingerprint density at radius 1 is 1.26 bits per heavy atom. The number of carbonyl (C=O) groups excluding carboxylic acids is 1. The fraction of sp³-hybridized carbons (Fsp3) is 0.312. The number of rotatable bonds is 3. The molecule has 1 aliphatic carbocycles. The predicted molar refractivity (Wildman–Crippen MR) is 73.1 cm³/mol. The maximum atomic E-state index is 12.2. The van der Waals surface area contributed by atoms with Gasteiger partial charge in [-0.3, -0.25) is 4.79 Å². The second-order valence-corrected chi connectivity index (χ2v) is 5.01. The second kappa shape index (κ2) is 5.31. The van der Waals surface area contributed by atoms with Crippen molar-refractivity contribution < 1.29 is 4.79 Å². The first kappa shape index (κ1) is 12.0. The molecule has 0 saturated carbocycles. The number of Topliss-reactive ketones (excluding diaryl/α,β-unsaturated/α-hetero) is 1. The molecule has 19 heavy (non-hydrogen) atoms. The molecular weight excluding hydrogens is 236 g/mol. The van der Waals surface area contributed by atoms with Crippen molar-refractivity contribution in [2.24, 2.45) is 0 Å². The summed E-state index contributed by atoms with van der Waals surface area (Å²) in [6.07, 6.45) is 6.99. The lowest BCUT2D eigenvalue weighted by Gasteiger charge is -2.24. The molecule has 2 aromatic rings. The highest BCUT2D eigenvalue weighted by Gasteiger charge is 2.23. The van der Waals surface area contributed by atoms with Gasteiger partial charge in [-0.05, 0) is 42.4 Å². The SMILES string of the molecule is O=C(CC1CCCc2ccccc21)c1ccncn1. The highest BCUT2D eigenvalue weighted by atomic mass is 16.1. The number of hydrogen-bond donors (Lipinski definition) is 0. The average Bonchev–Trinajstić information content (AvgIpc) is 2.48. The average molecular weight is 252 g/mol. The first-order valence-corrected chi connectivity index (χ1v) is 6.71. The fourth-order valence-corrected chi connectivity index (χ4v) is 2.85. The lowest BCUT2D eigenvalue weighted by molar-refractivity contribution is 0.0966. The number of nitrogens with zero attached hydrogens (tertiary/aromatic N) is 2. The van der Waals surface area contributed by atoms with Gasteiger partial charge in [0.1, 0.15) is 12.0 Å². The van der Waals surface area contributed by atoms with E-state index in [0.717, 1.165) is 12.8 Å². The van der Waals surface area contributed by atoms with Crippen molar-refractivity contribution in [3.63, 3.8) is 0 Å². The summed E-state index contributed by atoms with van der Waals surface area (Å²) in [5, 5.41) is 0. The lowest BCUT2D eigenvalue weighted by atomic mass is 9.80. The van der Waals surface area contributed by atoms with Crippen LogP contribution < -0.4 is 0 Å². The van der Waals surface area contributed by atoms with Crippen molar-refractivity contribution in [1.29, 1.82) is 0 Å². The molecule has 1 aliphatic rings. The van der Waals surface area contributed by atoms with Crippen LogP contribution in [-0.2, 0) is 6.42 Å². The first-order chi connectivity index (χ1) is 9.34. The van der Waals surface area contributed by atoms with Gasteiger partial charge in [-0.2, -0.15) is 0 Å². The molecule has 0 bridgehead atoms. The van der Waals surface area contributed by atoms with E-state index in [1.807, 2.05) is 0 Å². The van der Waals surface area contributed by atoms with Crippen LogP contribution in [0.5, 0.6) is 0 Å². The van der Waals surface area contributed by atoms with E-state index >= 15 is 0 Å². The van der Waals surface area contributed by atoms with E-state index in [4.69, 9.17) is 0 Å². The van der Waals surface area contributed by atoms with E-state index < -0.39 is 0 Å². The van der Waals surface area contributed by atoms with E-state index in [0.29, 0.717) is 18.0 Å². The summed E-state index contributed by atoms with van der Waals surface area (Å²) in [6, 6.07) is 10.2. The maximum Gasteiger partial charge on any atom is 0.181 e. The number of ketones is 1. The van der Waals surface area contributed by atoms with Gasteiger partial charge in [0.2, 0.25) is 0 Å². The molecule has 1 heterocycles. The molecule has 1 aromatic carbocycles. The molecule has 96 valence electrons. The monoisotopic (exact) mass is 252 g/mol. The first-order valence-electron chi connectivity index (χ1n) is 6.71. The number of fused-ring (bicyclic) bond motifs is 1. The third-order valence-electron chi connectivity index (χ3n) is 3.79. The summed E-state index contributed by atoms with van der Waals surface area (Å²) < 4.78 is 0. The van der Waals surface area contributed by atoms with Crippen molar-refractivity contribution in [2.75, 3.05) is 0 Å². The van der Waals surface area contributed by atoms with Crippen molar-refractivity contribution in [1.82, 2.24) is 9.97 Å². The molecule has 0 spiro atoms. The van der Waals surface area contributed by atoms with Crippen molar-refractivity contribution in [3.05, 3.63) is 59.7 Å². The predicted octanol–water partition coefficient (Wildman–Crippen LogP) is 3.17. The summed E-state index contributed by atoms with van der Waals surface area (Å²) in [5.41, 5.74) is 3.27. The van der Waals surface area contributed by atoms with Crippen molar-refractivity contribution in [3.8, 4) is 0 Å². The van der Waals surface area contributed by atoms with E-state index in [1.54, 1.807) is 12.3 Å². The Morgan fingerprint density at radius 3 is 3.00 bits per heavy atom. The zero-order valence-electron chi connectivity index (χ0n) is 10.7. The van der Waals surface area contributed by atoms with Crippen LogP contribution in [0.1, 0.15) is 46.8 Å². The molecule has 3 rings (SSSR count). The molecule has 0 saturated heterocycles. The largest absolute Gasteiger partial charge is 0.292 e. The van der Waals surface area contributed by atoms with Gasteiger partial charge in [-0.15, -0.1) is 0 Å². The molecule has 3 heteroatoms. The van der Waals surface area contributed by atoms with Gasteiger partial charge in [-0.1, -0.05) is 24.3 Å². The normalized spacial score (nSPS) is 17.8. The minimum Gasteiger partial charge on any atom is -0.292 e. The van der Waals surface area contributed by atoms with Crippen LogP contribution >= 0.6 is 0 Å². The van der Waals surface area contributed by atoms with E-state index in [1.165, 1.54) is 23.9 Å². The zero-order chi connectivity index (χ0) is 13.1. The van der Waals surface area contributed by atoms with Crippen LogP contribution in [0.3, 0.4) is 0 Å². The van der Waals surface area contributed by atoms with Crippen LogP contribution in [0.2, 0.25) is 0 Å². The van der Waals surface area contributed by atoms with Crippen LogP contribution in [0.25, 0.3) is 0 Å². The Balaban J connectivity index is 1.80. The third-order valence-corrected chi connectivity index (χ3v) is 3.79.